The average molecular weight is 406 g/mol. The number of aromatic nitrogens is 4. The summed E-state index contributed by atoms with van der Waals surface area (Å²) in [5.41, 5.74) is 14.2. The number of hydrogen-bond donors (Lipinski definition) is 2. The second-order valence-corrected chi connectivity index (χ2v) is 7.60. The predicted octanol–water partition coefficient (Wildman–Crippen LogP) is 3.23. The largest absolute Gasteiger partial charge is 0.404 e. The Morgan fingerprint density at radius 3 is 2.50 bits per heavy atom. The molecular formula is C22H27N7O. The van der Waals surface area contributed by atoms with E-state index in [0.29, 0.717) is 17.4 Å². The van der Waals surface area contributed by atoms with Gasteiger partial charge < -0.3 is 16.0 Å². The Bertz CT molecular complexity index is 1090. The Labute approximate surface area is 176 Å². The van der Waals surface area contributed by atoms with Crippen LogP contribution in [0.1, 0.15) is 37.7 Å². The Hall–Kier alpha value is -3.68. The van der Waals surface area contributed by atoms with Gasteiger partial charge in [-0.15, -0.1) is 0 Å². The molecule has 2 aromatic heterocycles. The monoisotopic (exact) mass is 405 g/mol. The maximum Gasteiger partial charge on any atom is 0.278 e. The number of nitrogens with zero attached hydrogens (tertiary/aromatic N) is 5. The fourth-order valence-electron chi connectivity index (χ4n) is 3.16. The molecule has 0 saturated heterocycles. The van der Waals surface area contributed by atoms with E-state index < -0.39 is 5.41 Å². The smallest absolute Gasteiger partial charge is 0.278 e. The summed E-state index contributed by atoms with van der Waals surface area (Å²) in [5, 5.41) is 8.62. The Morgan fingerprint density at radius 1 is 1.27 bits per heavy atom. The summed E-state index contributed by atoms with van der Waals surface area (Å²) in [6, 6.07) is 9.90. The minimum absolute atomic E-state index is 0.212. The van der Waals surface area contributed by atoms with Gasteiger partial charge >= 0.3 is 0 Å². The van der Waals surface area contributed by atoms with Crippen molar-refractivity contribution in [3.8, 4) is 11.6 Å². The second-order valence-electron chi connectivity index (χ2n) is 7.60. The van der Waals surface area contributed by atoms with Crippen molar-refractivity contribution in [1.82, 2.24) is 19.9 Å². The SMILES string of the molecule is C=C(N)/N=C\C(=C/N)c1ccc([C@](C)(c2noc(-c3ccn(C)n3)n2)C(C)C)cc1. The van der Waals surface area contributed by atoms with Gasteiger partial charge in [-0.05, 0) is 30.0 Å². The molecule has 1 aromatic carbocycles. The summed E-state index contributed by atoms with van der Waals surface area (Å²) in [6.45, 7) is 9.94. The van der Waals surface area contributed by atoms with Gasteiger partial charge in [-0.1, -0.05) is 49.8 Å². The maximum atomic E-state index is 5.75. The molecule has 0 aliphatic rings. The van der Waals surface area contributed by atoms with Crippen LogP contribution in [0.2, 0.25) is 0 Å². The van der Waals surface area contributed by atoms with Crippen molar-refractivity contribution in [2.45, 2.75) is 26.2 Å². The minimum Gasteiger partial charge on any atom is -0.404 e. The molecule has 3 rings (SSSR count). The van der Waals surface area contributed by atoms with Gasteiger partial charge in [-0.25, -0.2) is 4.99 Å². The molecule has 156 valence electrons. The topological polar surface area (TPSA) is 121 Å². The first kappa shape index (κ1) is 21.0. The van der Waals surface area contributed by atoms with Crippen LogP contribution in [0.3, 0.4) is 0 Å². The van der Waals surface area contributed by atoms with Crippen molar-refractivity contribution in [1.29, 1.82) is 0 Å². The van der Waals surface area contributed by atoms with Crippen molar-refractivity contribution in [3.63, 3.8) is 0 Å². The van der Waals surface area contributed by atoms with Gasteiger partial charge in [0, 0.05) is 31.2 Å². The van der Waals surface area contributed by atoms with E-state index in [1.165, 1.54) is 6.20 Å². The molecule has 0 spiro atoms. The van der Waals surface area contributed by atoms with Crippen molar-refractivity contribution in [2.24, 2.45) is 29.4 Å². The van der Waals surface area contributed by atoms with Crippen LogP contribution in [0.5, 0.6) is 0 Å². The second kappa shape index (κ2) is 8.36. The van der Waals surface area contributed by atoms with E-state index >= 15 is 0 Å². The van der Waals surface area contributed by atoms with Gasteiger partial charge in [-0.3, -0.25) is 4.68 Å². The number of aryl methyl sites for hydroxylation is 1. The van der Waals surface area contributed by atoms with Gasteiger partial charge in [-0.2, -0.15) is 10.1 Å². The van der Waals surface area contributed by atoms with E-state index in [2.05, 4.69) is 47.6 Å². The fourth-order valence-corrected chi connectivity index (χ4v) is 3.16. The summed E-state index contributed by atoms with van der Waals surface area (Å²) >= 11 is 0. The van der Waals surface area contributed by atoms with Crippen LogP contribution < -0.4 is 11.5 Å². The third-order valence-corrected chi connectivity index (χ3v) is 5.34. The summed E-state index contributed by atoms with van der Waals surface area (Å²) in [7, 11) is 1.85. The number of hydrogen-bond acceptors (Lipinski definition) is 7. The van der Waals surface area contributed by atoms with E-state index in [1.54, 1.807) is 10.9 Å². The fraction of sp³-hybridized carbons (Fsp3) is 0.273. The highest BCUT2D eigenvalue weighted by Crippen LogP contribution is 2.38. The van der Waals surface area contributed by atoms with Crippen molar-refractivity contribution in [3.05, 3.63) is 72.1 Å². The molecule has 0 bridgehead atoms. The van der Waals surface area contributed by atoms with Gasteiger partial charge in [0.15, 0.2) is 11.5 Å². The predicted molar refractivity (Wildman–Crippen MR) is 118 cm³/mol. The molecule has 3 aromatic rings. The molecule has 4 N–H and O–H groups in total. The van der Waals surface area contributed by atoms with Gasteiger partial charge in [0.2, 0.25) is 0 Å². The first-order valence-corrected chi connectivity index (χ1v) is 9.61. The third-order valence-electron chi connectivity index (χ3n) is 5.34. The minimum atomic E-state index is -0.457. The molecule has 2 heterocycles. The van der Waals surface area contributed by atoms with Crippen LogP contribution >= 0.6 is 0 Å². The lowest BCUT2D eigenvalue weighted by Crippen LogP contribution is -2.31. The number of nitrogens with two attached hydrogens (primary N) is 2. The number of aliphatic imine (C=N–C) groups is 1. The third kappa shape index (κ3) is 4.03. The van der Waals surface area contributed by atoms with Crippen LogP contribution in [0, 0.1) is 5.92 Å². The van der Waals surface area contributed by atoms with Gasteiger partial charge in [0.1, 0.15) is 5.82 Å². The molecule has 0 aliphatic carbocycles. The molecule has 8 nitrogen and oxygen atoms in total. The van der Waals surface area contributed by atoms with E-state index in [9.17, 15) is 0 Å². The van der Waals surface area contributed by atoms with E-state index in [-0.39, 0.29) is 11.7 Å². The van der Waals surface area contributed by atoms with Crippen molar-refractivity contribution in [2.75, 3.05) is 0 Å². The number of rotatable bonds is 7. The van der Waals surface area contributed by atoms with Crippen LogP contribution in [0.25, 0.3) is 17.2 Å². The standard InChI is InChI=1S/C22H27N7O/c1-14(2)22(4,21-26-20(30-28-21)19-10-11-29(5)27-19)18-8-6-16(7-9-18)17(12-23)13-25-15(3)24/h6-14H,3,23-24H2,1-2,4-5H3/b17-12+,25-13-/t22-/m1/s1. The highest BCUT2D eigenvalue weighted by Gasteiger charge is 2.37. The molecule has 0 aliphatic heterocycles. The highest BCUT2D eigenvalue weighted by atomic mass is 16.5. The highest BCUT2D eigenvalue weighted by molar-refractivity contribution is 6.09. The molecule has 30 heavy (non-hydrogen) atoms. The van der Waals surface area contributed by atoms with Crippen LogP contribution in [-0.4, -0.2) is 26.1 Å². The van der Waals surface area contributed by atoms with Gasteiger partial charge in [0.25, 0.3) is 5.89 Å². The van der Waals surface area contributed by atoms with Crippen molar-refractivity contribution >= 4 is 11.8 Å². The normalized spacial score (nSPS) is 14.4. The van der Waals surface area contributed by atoms with Crippen molar-refractivity contribution < 1.29 is 4.52 Å². The Balaban J connectivity index is 1.96. The summed E-state index contributed by atoms with van der Waals surface area (Å²) in [4.78, 5) is 8.68. The van der Waals surface area contributed by atoms with E-state index in [4.69, 9.17) is 16.0 Å². The number of allylic oxidation sites excluding steroid dienone is 1. The Kier molecular flexibility index (Phi) is 5.86. The van der Waals surface area contributed by atoms with Crippen LogP contribution in [0.15, 0.2) is 64.6 Å². The van der Waals surface area contributed by atoms with Gasteiger partial charge in [0.05, 0.1) is 5.41 Å². The zero-order valence-electron chi connectivity index (χ0n) is 17.7. The summed E-state index contributed by atoms with van der Waals surface area (Å²) < 4.78 is 7.22. The van der Waals surface area contributed by atoms with E-state index in [1.807, 2.05) is 43.6 Å². The summed E-state index contributed by atoms with van der Waals surface area (Å²) in [5.74, 6) is 1.45. The lowest BCUT2D eigenvalue weighted by Gasteiger charge is -2.31. The molecule has 0 fully saturated rings. The number of benzene rings is 1. The maximum absolute atomic E-state index is 5.75. The lowest BCUT2D eigenvalue weighted by atomic mass is 9.72. The van der Waals surface area contributed by atoms with Crippen LogP contribution in [-0.2, 0) is 12.5 Å². The van der Waals surface area contributed by atoms with Crippen LogP contribution in [0.4, 0.5) is 0 Å². The van der Waals surface area contributed by atoms with E-state index in [0.717, 1.165) is 16.7 Å². The lowest BCUT2D eigenvalue weighted by molar-refractivity contribution is 0.350. The molecule has 8 heteroatoms. The quantitative estimate of drug-likeness (QED) is 0.582. The first-order valence-electron chi connectivity index (χ1n) is 9.61. The average Bonchev–Trinajstić information content (AvgIpc) is 3.37. The first-order chi connectivity index (χ1) is 14.3. The zero-order chi connectivity index (χ0) is 21.9. The zero-order valence-corrected chi connectivity index (χ0v) is 17.7. The molecule has 0 radical (unpaired) electrons. The summed E-state index contributed by atoms with van der Waals surface area (Å²) in [6.07, 6.45) is 4.92. The molecular weight excluding hydrogens is 378 g/mol. The Morgan fingerprint density at radius 2 is 1.97 bits per heavy atom. The molecule has 1 atom stereocenters. The molecule has 0 amide bonds. The molecule has 0 saturated carbocycles. The molecule has 0 unspecified atom stereocenters.